The Morgan fingerprint density at radius 2 is 2.55 bits per heavy atom. The van der Waals surface area contributed by atoms with Crippen LogP contribution in [0.5, 0.6) is 0 Å². The second-order valence-corrected chi connectivity index (χ2v) is 2.49. The largest absolute Gasteiger partial charge is 0.396 e. The first kappa shape index (κ1) is 8.23. The highest BCUT2D eigenvalue weighted by Gasteiger charge is 2.07. The first-order valence-electron chi connectivity index (χ1n) is 3.60. The quantitative estimate of drug-likeness (QED) is 0.506. The zero-order valence-electron chi connectivity index (χ0n) is 6.54. The molecule has 0 saturated heterocycles. The van der Waals surface area contributed by atoms with Gasteiger partial charge in [0, 0.05) is 18.5 Å². The zero-order valence-corrected chi connectivity index (χ0v) is 6.54. The van der Waals surface area contributed by atoms with E-state index in [9.17, 15) is 0 Å². The SMILES string of the molecule is CC1=C(CCO)C=NC(N)N1. The molecule has 1 unspecified atom stereocenters. The molecule has 0 aromatic rings. The lowest BCUT2D eigenvalue weighted by molar-refractivity contribution is 0.300. The van der Waals surface area contributed by atoms with Crippen LogP contribution in [0.25, 0.3) is 0 Å². The molecule has 0 aliphatic carbocycles. The molecule has 11 heavy (non-hydrogen) atoms. The van der Waals surface area contributed by atoms with Crippen LogP contribution >= 0.6 is 0 Å². The molecule has 0 aromatic carbocycles. The van der Waals surface area contributed by atoms with E-state index in [-0.39, 0.29) is 12.9 Å². The van der Waals surface area contributed by atoms with E-state index >= 15 is 0 Å². The summed E-state index contributed by atoms with van der Waals surface area (Å²) in [6, 6.07) is 0. The van der Waals surface area contributed by atoms with Gasteiger partial charge in [0.25, 0.3) is 0 Å². The maximum absolute atomic E-state index is 8.65. The van der Waals surface area contributed by atoms with Crippen molar-refractivity contribution in [1.29, 1.82) is 0 Å². The number of nitrogens with two attached hydrogens (primary N) is 1. The summed E-state index contributed by atoms with van der Waals surface area (Å²) in [7, 11) is 0. The second kappa shape index (κ2) is 3.50. The van der Waals surface area contributed by atoms with Crippen LogP contribution in [0.15, 0.2) is 16.3 Å². The summed E-state index contributed by atoms with van der Waals surface area (Å²) >= 11 is 0. The Bertz CT molecular complexity index is 198. The van der Waals surface area contributed by atoms with E-state index in [1.807, 2.05) is 6.92 Å². The molecule has 0 radical (unpaired) electrons. The van der Waals surface area contributed by atoms with Gasteiger partial charge in [0.1, 0.15) is 0 Å². The monoisotopic (exact) mass is 155 g/mol. The normalized spacial score (nSPS) is 23.7. The molecule has 1 aliphatic rings. The number of aliphatic hydroxyl groups is 1. The Morgan fingerprint density at radius 3 is 3.09 bits per heavy atom. The molecule has 62 valence electrons. The molecule has 4 heteroatoms. The molecule has 0 spiro atoms. The second-order valence-electron chi connectivity index (χ2n) is 2.49. The zero-order chi connectivity index (χ0) is 8.27. The van der Waals surface area contributed by atoms with Gasteiger partial charge in [-0.05, 0) is 18.9 Å². The van der Waals surface area contributed by atoms with Crippen LogP contribution < -0.4 is 11.1 Å². The van der Waals surface area contributed by atoms with E-state index < -0.39 is 0 Å². The van der Waals surface area contributed by atoms with Crippen LogP contribution in [0.1, 0.15) is 13.3 Å². The van der Waals surface area contributed by atoms with Gasteiger partial charge in [-0.25, -0.2) is 0 Å². The van der Waals surface area contributed by atoms with E-state index in [1.165, 1.54) is 0 Å². The van der Waals surface area contributed by atoms with Gasteiger partial charge in [-0.1, -0.05) is 0 Å². The van der Waals surface area contributed by atoms with Gasteiger partial charge >= 0.3 is 0 Å². The molecule has 0 aromatic heterocycles. The Hall–Kier alpha value is -0.870. The maximum atomic E-state index is 8.65. The number of aliphatic hydroxyl groups excluding tert-OH is 1. The number of nitrogens with one attached hydrogen (secondary N) is 1. The first-order valence-corrected chi connectivity index (χ1v) is 3.60. The molecule has 1 rings (SSSR count). The van der Waals surface area contributed by atoms with Crippen molar-refractivity contribution in [2.24, 2.45) is 10.7 Å². The van der Waals surface area contributed by atoms with Gasteiger partial charge in [0.2, 0.25) is 0 Å². The van der Waals surface area contributed by atoms with Crippen molar-refractivity contribution in [2.75, 3.05) is 6.61 Å². The number of hydrogen-bond donors (Lipinski definition) is 3. The Balaban J connectivity index is 2.64. The number of allylic oxidation sites excluding steroid dienone is 1. The minimum absolute atomic E-state index is 0.148. The fraction of sp³-hybridized carbons (Fsp3) is 0.571. The molecule has 0 amide bonds. The lowest BCUT2D eigenvalue weighted by Gasteiger charge is -2.18. The van der Waals surface area contributed by atoms with Crippen molar-refractivity contribution < 1.29 is 5.11 Å². The highest BCUT2D eigenvalue weighted by molar-refractivity contribution is 5.80. The van der Waals surface area contributed by atoms with Gasteiger partial charge in [0.15, 0.2) is 6.29 Å². The minimum Gasteiger partial charge on any atom is -0.396 e. The summed E-state index contributed by atoms with van der Waals surface area (Å²) in [6.07, 6.45) is 2.03. The number of hydrogen-bond acceptors (Lipinski definition) is 4. The summed E-state index contributed by atoms with van der Waals surface area (Å²) in [5, 5.41) is 11.6. The highest BCUT2D eigenvalue weighted by Crippen LogP contribution is 2.07. The summed E-state index contributed by atoms with van der Waals surface area (Å²) in [5.74, 6) is 0. The predicted octanol–water partition coefficient (Wildman–Crippen LogP) is -0.441. The minimum atomic E-state index is -0.322. The summed E-state index contributed by atoms with van der Waals surface area (Å²) in [4.78, 5) is 3.95. The molecule has 1 aliphatic heterocycles. The van der Waals surface area contributed by atoms with Gasteiger partial charge in [-0.2, -0.15) is 0 Å². The van der Waals surface area contributed by atoms with Crippen molar-refractivity contribution in [3.63, 3.8) is 0 Å². The Morgan fingerprint density at radius 1 is 1.82 bits per heavy atom. The van der Waals surface area contributed by atoms with Gasteiger partial charge in [-0.3, -0.25) is 10.7 Å². The van der Waals surface area contributed by atoms with Crippen LogP contribution in [0.3, 0.4) is 0 Å². The van der Waals surface area contributed by atoms with E-state index in [4.69, 9.17) is 10.8 Å². The third-order valence-corrected chi connectivity index (χ3v) is 1.62. The van der Waals surface area contributed by atoms with E-state index in [2.05, 4.69) is 10.3 Å². The third-order valence-electron chi connectivity index (χ3n) is 1.62. The topological polar surface area (TPSA) is 70.6 Å². The molecule has 4 nitrogen and oxygen atoms in total. The highest BCUT2D eigenvalue weighted by atomic mass is 16.2. The van der Waals surface area contributed by atoms with Gasteiger partial charge in [-0.15, -0.1) is 0 Å². The maximum Gasteiger partial charge on any atom is 0.170 e. The van der Waals surface area contributed by atoms with Gasteiger partial charge in [0.05, 0.1) is 0 Å². The molecule has 1 heterocycles. The smallest absolute Gasteiger partial charge is 0.170 e. The molecule has 1 atom stereocenters. The fourth-order valence-corrected chi connectivity index (χ4v) is 0.991. The molecule has 0 fully saturated rings. The van der Waals surface area contributed by atoms with Crippen LogP contribution in [0.4, 0.5) is 0 Å². The molecular weight excluding hydrogens is 142 g/mol. The van der Waals surface area contributed by atoms with E-state index in [1.54, 1.807) is 6.21 Å². The Labute approximate surface area is 65.8 Å². The van der Waals surface area contributed by atoms with Crippen molar-refractivity contribution >= 4 is 6.21 Å². The van der Waals surface area contributed by atoms with E-state index in [0.29, 0.717) is 6.42 Å². The fourth-order valence-electron chi connectivity index (χ4n) is 0.991. The van der Waals surface area contributed by atoms with Crippen LogP contribution in [0.2, 0.25) is 0 Å². The summed E-state index contributed by atoms with van der Waals surface area (Å²) in [5.41, 5.74) is 7.50. The molecular formula is C7H13N3O. The summed E-state index contributed by atoms with van der Waals surface area (Å²) < 4.78 is 0. The standard InChI is InChI=1S/C7H13N3O/c1-5-6(2-3-11)4-9-7(8)10-5/h4,7,10-11H,2-3,8H2,1H3. The molecule has 4 N–H and O–H groups in total. The van der Waals surface area contributed by atoms with Crippen molar-refractivity contribution in [1.82, 2.24) is 5.32 Å². The lowest BCUT2D eigenvalue weighted by atomic mass is 10.1. The predicted molar refractivity (Wildman–Crippen MR) is 44.0 cm³/mol. The van der Waals surface area contributed by atoms with Crippen molar-refractivity contribution in [2.45, 2.75) is 19.6 Å². The molecule has 0 saturated carbocycles. The van der Waals surface area contributed by atoms with Crippen LogP contribution in [-0.2, 0) is 0 Å². The third kappa shape index (κ3) is 2.03. The van der Waals surface area contributed by atoms with Crippen molar-refractivity contribution in [3.05, 3.63) is 11.3 Å². The number of nitrogens with zero attached hydrogens (tertiary/aromatic N) is 1. The average Bonchev–Trinajstić information content (AvgIpc) is 1.95. The van der Waals surface area contributed by atoms with Gasteiger partial charge < -0.3 is 10.4 Å². The lowest BCUT2D eigenvalue weighted by Crippen LogP contribution is -2.37. The van der Waals surface area contributed by atoms with E-state index in [0.717, 1.165) is 11.3 Å². The number of rotatable bonds is 2. The molecule has 0 bridgehead atoms. The average molecular weight is 155 g/mol. The first-order chi connectivity index (χ1) is 5.24. The summed E-state index contributed by atoms with van der Waals surface area (Å²) in [6.45, 7) is 2.08. The van der Waals surface area contributed by atoms with Crippen LogP contribution in [-0.4, -0.2) is 24.2 Å². The number of aliphatic imine (C=N–C) groups is 1. The Kier molecular flexibility index (Phi) is 2.62. The van der Waals surface area contributed by atoms with Crippen LogP contribution in [0, 0.1) is 0 Å². The van der Waals surface area contributed by atoms with Crippen molar-refractivity contribution in [3.8, 4) is 0 Å².